The van der Waals surface area contributed by atoms with Gasteiger partial charge in [0.2, 0.25) is 10.0 Å². The molecule has 0 spiro atoms. The van der Waals surface area contributed by atoms with Crippen LogP contribution in [0.15, 0.2) is 64.6 Å². The SMILES string of the molecule is Cn1cnnc1-c1ccccc1NS(=O)(=O)c1cccc(S(N)(=O)=O)c1. The second-order valence-corrected chi connectivity index (χ2v) is 8.68. The minimum atomic E-state index is -4.05. The first kappa shape index (κ1) is 18.0. The van der Waals surface area contributed by atoms with Gasteiger partial charge in [-0.2, -0.15) is 0 Å². The molecule has 0 aliphatic carbocycles. The maximum Gasteiger partial charge on any atom is 0.261 e. The van der Waals surface area contributed by atoms with Crippen LogP contribution in [0.5, 0.6) is 0 Å². The van der Waals surface area contributed by atoms with Crippen LogP contribution < -0.4 is 9.86 Å². The lowest BCUT2D eigenvalue weighted by Gasteiger charge is -2.12. The molecule has 26 heavy (non-hydrogen) atoms. The average Bonchev–Trinajstić information content (AvgIpc) is 3.00. The number of hydrogen-bond acceptors (Lipinski definition) is 6. The van der Waals surface area contributed by atoms with E-state index in [0.717, 1.165) is 6.07 Å². The highest BCUT2D eigenvalue weighted by atomic mass is 32.2. The van der Waals surface area contributed by atoms with Gasteiger partial charge in [-0.15, -0.1) is 10.2 Å². The second kappa shape index (κ2) is 6.52. The van der Waals surface area contributed by atoms with E-state index in [2.05, 4.69) is 14.9 Å². The number of primary sulfonamides is 1. The number of anilines is 1. The third-order valence-corrected chi connectivity index (χ3v) is 5.84. The molecule has 0 unspecified atom stereocenters. The topological polar surface area (TPSA) is 137 Å². The Hall–Kier alpha value is -2.76. The number of nitrogens with two attached hydrogens (primary N) is 1. The zero-order valence-electron chi connectivity index (χ0n) is 13.6. The van der Waals surface area contributed by atoms with Crippen molar-refractivity contribution in [1.29, 1.82) is 0 Å². The molecule has 2 aromatic carbocycles. The number of hydrogen-bond donors (Lipinski definition) is 2. The summed E-state index contributed by atoms with van der Waals surface area (Å²) in [6.07, 6.45) is 1.50. The van der Waals surface area contributed by atoms with Crippen molar-refractivity contribution in [2.75, 3.05) is 4.72 Å². The van der Waals surface area contributed by atoms with E-state index in [0.29, 0.717) is 11.4 Å². The first-order chi connectivity index (χ1) is 12.2. The van der Waals surface area contributed by atoms with E-state index in [1.807, 2.05) is 0 Å². The summed E-state index contributed by atoms with van der Waals surface area (Å²) in [6, 6.07) is 11.5. The molecule has 1 heterocycles. The summed E-state index contributed by atoms with van der Waals surface area (Å²) in [5.74, 6) is 0.474. The van der Waals surface area contributed by atoms with Crippen LogP contribution in [0.4, 0.5) is 5.69 Å². The first-order valence-corrected chi connectivity index (χ1v) is 10.3. The molecule has 3 rings (SSSR count). The average molecular weight is 393 g/mol. The van der Waals surface area contributed by atoms with Crippen molar-refractivity contribution in [3.63, 3.8) is 0 Å². The number of sulfonamides is 2. The number of aryl methyl sites for hydroxylation is 1. The van der Waals surface area contributed by atoms with Crippen molar-refractivity contribution < 1.29 is 16.8 Å². The maximum absolute atomic E-state index is 12.7. The Morgan fingerprint density at radius 2 is 1.69 bits per heavy atom. The highest BCUT2D eigenvalue weighted by Crippen LogP contribution is 2.28. The van der Waals surface area contributed by atoms with Gasteiger partial charge >= 0.3 is 0 Å². The van der Waals surface area contributed by atoms with E-state index in [1.165, 1.54) is 24.5 Å². The predicted octanol–water partition coefficient (Wildman–Crippen LogP) is 0.930. The molecule has 0 aliphatic heterocycles. The molecule has 0 bridgehead atoms. The summed E-state index contributed by atoms with van der Waals surface area (Å²) in [5, 5.41) is 12.8. The van der Waals surface area contributed by atoms with E-state index in [-0.39, 0.29) is 15.5 Å². The van der Waals surface area contributed by atoms with Crippen molar-refractivity contribution in [2.45, 2.75) is 9.79 Å². The van der Waals surface area contributed by atoms with E-state index < -0.39 is 20.0 Å². The fourth-order valence-corrected chi connectivity index (χ4v) is 4.08. The second-order valence-electron chi connectivity index (χ2n) is 5.44. The fraction of sp³-hybridized carbons (Fsp3) is 0.0667. The molecule has 0 amide bonds. The standard InChI is InChI=1S/C15H15N5O4S2/c1-20-10-17-18-15(20)13-7-2-3-8-14(13)19-26(23,24)12-6-4-5-11(9-12)25(16,21)22/h2-10,19H,1H3,(H2,16,21,22). The molecule has 0 fully saturated rings. The minimum Gasteiger partial charge on any atom is -0.317 e. The Morgan fingerprint density at radius 1 is 1.00 bits per heavy atom. The summed E-state index contributed by atoms with van der Waals surface area (Å²) < 4.78 is 52.4. The van der Waals surface area contributed by atoms with Gasteiger partial charge in [-0.1, -0.05) is 18.2 Å². The summed E-state index contributed by atoms with van der Waals surface area (Å²) in [6.45, 7) is 0. The Morgan fingerprint density at radius 3 is 2.35 bits per heavy atom. The van der Waals surface area contributed by atoms with Gasteiger partial charge in [0.25, 0.3) is 10.0 Å². The summed E-state index contributed by atoms with van der Waals surface area (Å²) in [5.41, 5.74) is 0.809. The number of benzene rings is 2. The predicted molar refractivity (Wildman–Crippen MR) is 95.1 cm³/mol. The molecule has 9 nitrogen and oxygen atoms in total. The van der Waals surface area contributed by atoms with Gasteiger partial charge in [0.05, 0.1) is 15.5 Å². The number of aromatic nitrogens is 3. The van der Waals surface area contributed by atoms with E-state index in [9.17, 15) is 16.8 Å². The molecular formula is C15H15N5O4S2. The quantitative estimate of drug-likeness (QED) is 0.661. The van der Waals surface area contributed by atoms with E-state index >= 15 is 0 Å². The van der Waals surface area contributed by atoms with Gasteiger partial charge in [-0.05, 0) is 30.3 Å². The maximum atomic E-state index is 12.7. The lowest BCUT2D eigenvalue weighted by atomic mass is 10.2. The molecule has 0 saturated carbocycles. The lowest BCUT2D eigenvalue weighted by molar-refractivity contribution is 0.597. The Bertz CT molecular complexity index is 1170. The molecule has 11 heteroatoms. The van der Waals surface area contributed by atoms with E-state index in [1.54, 1.807) is 35.9 Å². The van der Waals surface area contributed by atoms with Gasteiger partial charge < -0.3 is 4.57 Å². The van der Waals surface area contributed by atoms with Crippen LogP contribution in [-0.2, 0) is 27.1 Å². The van der Waals surface area contributed by atoms with Crippen molar-refractivity contribution in [3.8, 4) is 11.4 Å². The lowest BCUT2D eigenvalue weighted by Crippen LogP contribution is -2.16. The van der Waals surface area contributed by atoms with Crippen LogP contribution >= 0.6 is 0 Å². The van der Waals surface area contributed by atoms with Crippen molar-refractivity contribution in [2.24, 2.45) is 12.2 Å². The smallest absolute Gasteiger partial charge is 0.261 e. The zero-order valence-corrected chi connectivity index (χ0v) is 15.2. The third-order valence-electron chi connectivity index (χ3n) is 3.57. The summed E-state index contributed by atoms with van der Waals surface area (Å²) in [7, 11) is -6.34. The first-order valence-electron chi connectivity index (χ1n) is 7.27. The fourth-order valence-electron chi connectivity index (χ4n) is 2.32. The highest BCUT2D eigenvalue weighted by Gasteiger charge is 2.20. The monoisotopic (exact) mass is 393 g/mol. The molecule has 0 saturated heterocycles. The van der Waals surface area contributed by atoms with Crippen molar-refractivity contribution in [3.05, 3.63) is 54.9 Å². The van der Waals surface area contributed by atoms with Crippen LogP contribution in [0.3, 0.4) is 0 Å². The summed E-state index contributed by atoms with van der Waals surface area (Å²) in [4.78, 5) is -0.515. The molecule has 0 aliphatic rings. The van der Waals surface area contributed by atoms with Gasteiger partial charge in [0.15, 0.2) is 5.82 Å². The highest BCUT2D eigenvalue weighted by molar-refractivity contribution is 7.93. The third kappa shape index (κ3) is 3.59. The van der Waals surface area contributed by atoms with Crippen LogP contribution in [0.1, 0.15) is 0 Å². The normalized spacial score (nSPS) is 12.1. The Labute approximate surface area is 150 Å². The van der Waals surface area contributed by atoms with E-state index in [4.69, 9.17) is 5.14 Å². The number of rotatable bonds is 5. The molecule has 3 N–H and O–H groups in total. The molecular weight excluding hydrogens is 378 g/mol. The zero-order chi connectivity index (χ0) is 18.9. The molecule has 136 valence electrons. The number of nitrogens with zero attached hydrogens (tertiary/aromatic N) is 3. The molecule has 0 radical (unpaired) electrons. The Balaban J connectivity index is 2.04. The largest absolute Gasteiger partial charge is 0.317 e. The van der Waals surface area contributed by atoms with Gasteiger partial charge in [0.1, 0.15) is 6.33 Å². The number of nitrogens with one attached hydrogen (secondary N) is 1. The Kier molecular flexibility index (Phi) is 4.52. The number of para-hydroxylation sites is 1. The minimum absolute atomic E-state index is 0.225. The van der Waals surface area contributed by atoms with Crippen LogP contribution in [0.25, 0.3) is 11.4 Å². The summed E-state index contributed by atoms with van der Waals surface area (Å²) >= 11 is 0. The van der Waals surface area contributed by atoms with Crippen LogP contribution in [0.2, 0.25) is 0 Å². The van der Waals surface area contributed by atoms with Crippen LogP contribution in [-0.4, -0.2) is 31.6 Å². The van der Waals surface area contributed by atoms with Crippen molar-refractivity contribution >= 4 is 25.7 Å². The molecule has 1 aromatic heterocycles. The molecule has 3 aromatic rings. The van der Waals surface area contributed by atoms with Crippen LogP contribution in [0, 0.1) is 0 Å². The van der Waals surface area contributed by atoms with Gasteiger partial charge in [0, 0.05) is 12.6 Å². The van der Waals surface area contributed by atoms with Crippen molar-refractivity contribution in [1.82, 2.24) is 14.8 Å². The van der Waals surface area contributed by atoms with Gasteiger partial charge in [-0.25, -0.2) is 22.0 Å². The molecule has 0 atom stereocenters. The van der Waals surface area contributed by atoms with Gasteiger partial charge in [-0.3, -0.25) is 4.72 Å².